The van der Waals surface area contributed by atoms with Gasteiger partial charge in [-0.1, -0.05) is 0 Å². The summed E-state index contributed by atoms with van der Waals surface area (Å²) in [6, 6.07) is 6.49. The van der Waals surface area contributed by atoms with Gasteiger partial charge in [-0.2, -0.15) is 0 Å². The Morgan fingerprint density at radius 3 is 2.62 bits per heavy atom. The number of nitrogens with zero attached hydrogens (tertiary/aromatic N) is 3. The zero-order valence-corrected chi connectivity index (χ0v) is 16.0. The van der Waals surface area contributed by atoms with Crippen LogP contribution in [0.3, 0.4) is 0 Å². The summed E-state index contributed by atoms with van der Waals surface area (Å²) in [5, 5.41) is 11.4. The lowest BCUT2D eigenvalue weighted by Gasteiger charge is -2.56. The molecule has 26 heavy (non-hydrogen) atoms. The third kappa shape index (κ3) is 2.27. The highest BCUT2D eigenvalue weighted by atomic mass is 16.5. The van der Waals surface area contributed by atoms with E-state index < -0.39 is 0 Å². The normalized spacial score (nSPS) is 25.5. The number of likely N-dealkylation sites (tertiary alicyclic amines) is 1. The molecule has 140 valence electrons. The molecule has 3 heterocycles. The molecule has 2 fully saturated rings. The number of ether oxygens (including phenoxy) is 1. The van der Waals surface area contributed by atoms with Crippen LogP contribution >= 0.6 is 0 Å². The maximum atomic E-state index is 10.1. The number of hydrogen-bond donors (Lipinski definition) is 1. The zero-order valence-electron chi connectivity index (χ0n) is 16.0. The van der Waals surface area contributed by atoms with Gasteiger partial charge in [0.2, 0.25) is 0 Å². The quantitative estimate of drug-likeness (QED) is 0.912. The molecule has 2 aliphatic heterocycles. The predicted molar refractivity (Wildman–Crippen MR) is 103 cm³/mol. The summed E-state index contributed by atoms with van der Waals surface area (Å²) in [6.45, 7) is 4.74. The van der Waals surface area contributed by atoms with Crippen molar-refractivity contribution in [1.82, 2.24) is 14.4 Å². The number of aryl methyl sites for hydroxylation is 1. The fraction of sp³-hybridized carbons (Fsp3) is 0.619. The molecule has 1 saturated heterocycles. The number of likely N-dealkylation sites (N-methyl/N-ethyl adjacent to an activating group) is 1. The van der Waals surface area contributed by atoms with Crippen molar-refractivity contribution in [2.75, 3.05) is 46.9 Å². The Morgan fingerprint density at radius 2 is 1.96 bits per heavy atom. The van der Waals surface area contributed by atoms with E-state index in [1.54, 1.807) is 7.11 Å². The molecular weight excluding hydrogens is 326 g/mol. The van der Waals surface area contributed by atoms with E-state index in [2.05, 4.69) is 46.7 Å². The molecule has 0 radical (unpaired) electrons. The highest BCUT2D eigenvalue weighted by Crippen LogP contribution is 2.49. The average molecular weight is 355 g/mol. The predicted octanol–water partition coefficient (Wildman–Crippen LogP) is 2.13. The topological polar surface area (TPSA) is 40.9 Å². The van der Waals surface area contributed by atoms with Crippen LogP contribution < -0.4 is 4.74 Å². The zero-order chi connectivity index (χ0) is 18.1. The third-order valence-corrected chi connectivity index (χ3v) is 6.82. The van der Waals surface area contributed by atoms with Crippen molar-refractivity contribution in [2.45, 2.75) is 24.3 Å². The van der Waals surface area contributed by atoms with E-state index in [0.29, 0.717) is 0 Å². The van der Waals surface area contributed by atoms with Crippen molar-refractivity contribution in [2.24, 2.45) is 13.0 Å². The van der Waals surface area contributed by atoms with Crippen molar-refractivity contribution >= 4 is 10.9 Å². The molecule has 1 aromatic carbocycles. The first kappa shape index (κ1) is 16.6. The average Bonchev–Trinajstić information content (AvgIpc) is 3.38. The number of benzene rings is 1. The smallest absolute Gasteiger partial charge is 0.120 e. The number of aliphatic hydroxyl groups excluding tert-OH is 1. The van der Waals surface area contributed by atoms with Crippen LogP contribution in [0.1, 0.15) is 30.1 Å². The lowest BCUT2D eigenvalue weighted by atomic mass is 9.69. The van der Waals surface area contributed by atoms with E-state index >= 15 is 0 Å². The van der Waals surface area contributed by atoms with Gasteiger partial charge < -0.3 is 19.3 Å². The van der Waals surface area contributed by atoms with Gasteiger partial charge in [0, 0.05) is 55.8 Å². The number of aliphatic hydroxyl groups is 1. The fourth-order valence-corrected chi connectivity index (χ4v) is 5.47. The number of aromatic nitrogens is 1. The summed E-state index contributed by atoms with van der Waals surface area (Å²) in [7, 11) is 6.02. The Morgan fingerprint density at radius 1 is 1.19 bits per heavy atom. The van der Waals surface area contributed by atoms with Gasteiger partial charge in [-0.3, -0.25) is 4.90 Å². The van der Waals surface area contributed by atoms with E-state index in [1.165, 1.54) is 41.5 Å². The Balaban J connectivity index is 1.63. The minimum absolute atomic E-state index is 0.0662. The van der Waals surface area contributed by atoms with Gasteiger partial charge in [0.25, 0.3) is 0 Å². The van der Waals surface area contributed by atoms with Gasteiger partial charge in [0.15, 0.2) is 0 Å². The summed E-state index contributed by atoms with van der Waals surface area (Å²) in [6.07, 6.45) is 2.82. The van der Waals surface area contributed by atoms with Crippen LogP contribution in [0.4, 0.5) is 0 Å². The Kier molecular flexibility index (Phi) is 3.65. The van der Waals surface area contributed by atoms with Crippen LogP contribution in [0.2, 0.25) is 0 Å². The molecule has 2 aromatic rings. The SMILES string of the molecule is COc1ccc2c3c(n(C)c2c1)[C@H](CO)N(C)CC31CN(CC2CC2)C1. The maximum Gasteiger partial charge on any atom is 0.120 e. The first-order chi connectivity index (χ1) is 12.6. The molecular formula is C21H29N3O2. The molecule has 5 heteroatoms. The molecule has 1 atom stereocenters. The molecule has 5 rings (SSSR count). The second-order valence-electron chi connectivity index (χ2n) is 8.71. The first-order valence-corrected chi connectivity index (χ1v) is 9.76. The second-order valence-corrected chi connectivity index (χ2v) is 8.71. The van der Waals surface area contributed by atoms with Gasteiger partial charge >= 0.3 is 0 Å². The summed E-state index contributed by atoms with van der Waals surface area (Å²) < 4.78 is 7.75. The van der Waals surface area contributed by atoms with E-state index in [-0.39, 0.29) is 18.1 Å². The highest BCUT2D eigenvalue weighted by molar-refractivity contribution is 5.89. The summed E-state index contributed by atoms with van der Waals surface area (Å²) in [5.41, 5.74) is 4.17. The molecule has 1 N–H and O–H groups in total. The Hall–Kier alpha value is -1.56. The summed E-state index contributed by atoms with van der Waals surface area (Å²) in [5.74, 6) is 1.83. The van der Waals surface area contributed by atoms with Crippen LogP contribution in [-0.4, -0.2) is 66.4 Å². The Labute approximate surface area is 155 Å². The van der Waals surface area contributed by atoms with Crippen molar-refractivity contribution in [3.8, 4) is 5.75 Å². The minimum atomic E-state index is 0.0662. The van der Waals surface area contributed by atoms with Crippen LogP contribution in [-0.2, 0) is 12.5 Å². The minimum Gasteiger partial charge on any atom is -0.497 e. The molecule has 5 nitrogen and oxygen atoms in total. The lowest BCUT2D eigenvalue weighted by molar-refractivity contribution is 0.00278. The highest BCUT2D eigenvalue weighted by Gasteiger charge is 2.52. The van der Waals surface area contributed by atoms with Crippen molar-refractivity contribution < 1.29 is 9.84 Å². The van der Waals surface area contributed by atoms with Gasteiger partial charge in [-0.25, -0.2) is 0 Å². The van der Waals surface area contributed by atoms with E-state index in [9.17, 15) is 5.11 Å². The summed E-state index contributed by atoms with van der Waals surface area (Å²) >= 11 is 0. The van der Waals surface area contributed by atoms with Crippen molar-refractivity contribution in [3.63, 3.8) is 0 Å². The van der Waals surface area contributed by atoms with Gasteiger partial charge in [0.05, 0.1) is 25.3 Å². The molecule has 1 aliphatic carbocycles. The van der Waals surface area contributed by atoms with Crippen LogP contribution in [0.25, 0.3) is 10.9 Å². The molecule has 0 amide bonds. The van der Waals surface area contributed by atoms with E-state index in [4.69, 9.17) is 4.74 Å². The fourth-order valence-electron chi connectivity index (χ4n) is 5.47. The number of rotatable bonds is 4. The van der Waals surface area contributed by atoms with Gasteiger partial charge in [-0.05, 0) is 43.5 Å². The molecule has 1 spiro atoms. The standard InChI is InChI=1S/C21H29N3O2/c1-22-11-21(12-24(13-21)9-14-4-5-14)19-16-7-6-15(26-3)8-17(16)23(2)20(19)18(22)10-25/h6-8,14,18,25H,4-5,9-13H2,1-3H3/t18-/m0/s1. The van der Waals surface area contributed by atoms with Crippen LogP contribution in [0, 0.1) is 5.92 Å². The van der Waals surface area contributed by atoms with Gasteiger partial charge in [-0.15, -0.1) is 0 Å². The Bertz CT molecular complexity index is 849. The van der Waals surface area contributed by atoms with Crippen LogP contribution in [0.15, 0.2) is 18.2 Å². The number of hydrogen-bond acceptors (Lipinski definition) is 4. The number of methoxy groups -OCH3 is 1. The van der Waals surface area contributed by atoms with Crippen molar-refractivity contribution in [1.29, 1.82) is 0 Å². The first-order valence-electron chi connectivity index (χ1n) is 9.76. The lowest BCUT2D eigenvalue weighted by Crippen LogP contribution is -2.66. The number of fused-ring (bicyclic) bond motifs is 4. The summed E-state index contributed by atoms with van der Waals surface area (Å²) in [4.78, 5) is 4.99. The van der Waals surface area contributed by atoms with Crippen LogP contribution in [0.5, 0.6) is 5.75 Å². The molecule has 0 unspecified atom stereocenters. The second kappa shape index (κ2) is 5.72. The molecule has 1 aromatic heterocycles. The monoisotopic (exact) mass is 355 g/mol. The molecule has 1 saturated carbocycles. The van der Waals surface area contributed by atoms with Crippen molar-refractivity contribution in [3.05, 3.63) is 29.5 Å². The molecule has 0 bridgehead atoms. The van der Waals surface area contributed by atoms with E-state index in [0.717, 1.165) is 31.3 Å². The van der Waals surface area contributed by atoms with Gasteiger partial charge in [0.1, 0.15) is 5.75 Å². The largest absolute Gasteiger partial charge is 0.497 e. The molecule has 3 aliphatic rings. The van der Waals surface area contributed by atoms with E-state index in [1.807, 2.05) is 0 Å². The maximum absolute atomic E-state index is 10.1. The third-order valence-electron chi connectivity index (χ3n) is 6.82.